The molecule has 3 amide bonds. The predicted molar refractivity (Wildman–Crippen MR) is 124 cm³/mol. The second kappa shape index (κ2) is 11.4. The van der Waals surface area contributed by atoms with Crippen molar-refractivity contribution in [2.45, 2.75) is 19.8 Å². The number of urea groups is 1. The minimum Gasteiger partial charge on any atom is -0.457 e. The molecule has 0 heterocycles. The number of hydrogen-bond acceptors (Lipinski definition) is 3. The molecule has 0 fully saturated rings. The highest BCUT2D eigenvalue weighted by Gasteiger charge is 2.16. The van der Waals surface area contributed by atoms with Gasteiger partial charge in [-0.05, 0) is 55.0 Å². The van der Waals surface area contributed by atoms with Gasteiger partial charge in [-0.3, -0.25) is 9.69 Å². The number of para-hydroxylation sites is 2. The van der Waals surface area contributed by atoms with E-state index in [1.807, 2.05) is 91.9 Å². The van der Waals surface area contributed by atoms with Crippen LogP contribution in [0.2, 0.25) is 0 Å². The number of carbonyl (C=O) groups is 2. The molecule has 2 N–H and O–H groups in total. The lowest BCUT2D eigenvalue weighted by molar-refractivity contribution is -0.121. The smallest absolute Gasteiger partial charge is 0.326 e. The number of anilines is 2. The van der Waals surface area contributed by atoms with Crippen LogP contribution in [0.5, 0.6) is 11.5 Å². The topological polar surface area (TPSA) is 70.7 Å². The van der Waals surface area contributed by atoms with E-state index in [1.54, 1.807) is 4.90 Å². The van der Waals surface area contributed by atoms with E-state index in [4.69, 9.17) is 4.74 Å². The summed E-state index contributed by atoms with van der Waals surface area (Å²) in [5.41, 5.74) is 1.41. The fraction of sp³-hybridized carbons (Fsp3) is 0.200. The maximum atomic E-state index is 13.0. The van der Waals surface area contributed by atoms with Crippen molar-refractivity contribution in [1.82, 2.24) is 5.32 Å². The van der Waals surface area contributed by atoms with Crippen LogP contribution in [0.1, 0.15) is 19.8 Å². The zero-order valence-electron chi connectivity index (χ0n) is 17.6. The van der Waals surface area contributed by atoms with Gasteiger partial charge in [-0.2, -0.15) is 0 Å². The highest BCUT2D eigenvalue weighted by molar-refractivity contribution is 6.01. The van der Waals surface area contributed by atoms with Gasteiger partial charge >= 0.3 is 6.03 Å². The zero-order chi connectivity index (χ0) is 21.9. The molecule has 0 aromatic heterocycles. The minimum atomic E-state index is -0.271. The van der Waals surface area contributed by atoms with Gasteiger partial charge in [0.15, 0.2) is 0 Å². The molecule has 6 nitrogen and oxygen atoms in total. The average Bonchev–Trinajstić information content (AvgIpc) is 2.79. The lowest BCUT2D eigenvalue weighted by Gasteiger charge is -2.24. The van der Waals surface area contributed by atoms with E-state index in [1.165, 1.54) is 0 Å². The van der Waals surface area contributed by atoms with E-state index >= 15 is 0 Å². The van der Waals surface area contributed by atoms with Crippen molar-refractivity contribution in [3.8, 4) is 11.5 Å². The Morgan fingerprint density at radius 3 is 2.10 bits per heavy atom. The number of ether oxygens (including phenoxy) is 1. The molecule has 0 spiro atoms. The highest BCUT2D eigenvalue weighted by Crippen LogP contribution is 2.24. The largest absolute Gasteiger partial charge is 0.457 e. The predicted octanol–water partition coefficient (Wildman–Crippen LogP) is 5.43. The molecular formula is C25H27N3O3. The summed E-state index contributed by atoms with van der Waals surface area (Å²) in [7, 11) is 0. The molecule has 6 heteroatoms. The van der Waals surface area contributed by atoms with Gasteiger partial charge in [0, 0.05) is 30.9 Å². The lowest BCUT2D eigenvalue weighted by Crippen LogP contribution is -2.41. The van der Waals surface area contributed by atoms with Crippen molar-refractivity contribution in [2.24, 2.45) is 0 Å². The Bertz CT molecular complexity index is 960. The van der Waals surface area contributed by atoms with Gasteiger partial charge in [0.05, 0.1) is 0 Å². The lowest BCUT2D eigenvalue weighted by atomic mass is 10.2. The average molecular weight is 418 g/mol. The van der Waals surface area contributed by atoms with Gasteiger partial charge in [0.1, 0.15) is 11.5 Å². The molecule has 160 valence electrons. The maximum absolute atomic E-state index is 13.0. The molecule has 0 radical (unpaired) electrons. The summed E-state index contributed by atoms with van der Waals surface area (Å²) in [4.78, 5) is 26.4. The minimum absolute atomic E-state index is 0.0162. The molecule has 31 heavy (non-hydrogen) atoms. The van der Waals surface area contributed by atoms with Crippen molar-refractivity contribution in [1.29, 1.82) is 0 Å². The zero-order valence-corrected chi connectivity index (χ0v) is 17.6. The third-order valence-electron chi connectivity index (χ3n) is 4.53. The van der Waals surface area contributed by atoms with E-state index in [2.05, 4.69) is 10.6 Å². The van der Waals surface area contributed by atoms with Crippen molar-refractivity contribution in [2.75, 3.05) is 23.3 Å². The van der Waals surface area contributed by atoms with Crippen molar-refractivity contribution >= 4 is 23.3 Å². The molecule has 0 atom stereocenters. The van der Waals surface area contributed by atoms with Crippen LogP contribution in [-0.4, -0.2) is 25.0 Å². The Labute approximate surface area is 182 Å². The molecule has 0 saturated heterocycles. The molecular weight excluding hydrogens is 390 g/mol. The van der Waals surface area contributed by atoms with Crippen LogP contribution >= 0.6 is 0 Å². The first-order chi connectivity index (χ1) is 15.2. The molecule has 3 aromatic rings. The Kier molecular flexibility index (Phi) is 8.05. The van der Waals surface area contributed by atoms with Crippen LogP contribution in [0.15, 0.2) is 84.9 Å². The van der Waals surface area contributed by atoms with Gasteiger partial charge in [0.2, 0.25) is 5.91 Å². The summed E-state index contributed by atoms with van der Waals surface area (Å²) in [6, 6.07) is 25.8. The van der Waals surface area contributed by atoms with Crippen LogP contribution in [0.4, 0.5) is 16.2 Å². The molecule has 3 rings (SSSR count). The number of nitrogens with zero attached hydrogens (tertiary/aromatic N) is 1. The molecule has 0 saturated carbocycles. The monoisotopic (exact) mass is 417 g/mol. The van der Waals surface area contributed by atoms with Gasteiger partial charge in [-0.1, -0.05) is 43.3 Å². The number of amides is 3. The Morgan fingerprint density at radius 1 is 0.839 bits per heavy atom. The van der Waals surface area contributed by atoms with Gasteiger partial charge in [-0.15, -0.1) is 0 Å². The van der Waals surface area contributed by atoms with Crippen LogP contribution < -0.4 is 20.3 Å². The number of benzene rings is 3. The molecule has 0 bridgehead atoms. The number of hydrogen-bond donors (Lipinski definition) is 2. The second-order valence-electron chi connectivity index (χ2n) is 6.96. The summed E-state index contributed by atoms with van der Waals surface area (Å²) >= 11 is 0. The number of nitrogens with one attached hydrogen (secondary N) is 2. The Balaban J connectivity index is 1.71. The van der Waals surface area contributed by atoms with Crippen molar-refractivity contribution < 1.29 is 14.3 Å². The molecule has 0 aliphatic carbocycles. The number of rotatable bonds is 9. The quantitative estimate of drug-likeness (QED) is 0.487. The molecule has 0 unspecified atom stereocenters. The molecule has 0 aliphatic rings. The van der Waals surface area contributed by atoms with Crippen molar-refractivity contribution in [3.05, 3.63) is 84.9 Å². The summed E-state index contributed by atoms with van der Waals surface area (Å²) in [6.45, 7) is 2.66. The van der Waals surface area contributed by atoms with Crippen molar-refractivity contribution in [3.63, 3.8) is 0 Å². The summed E-state index contributed by atoms with van der Waals surface area (Å²) in [5.74, 6) is 1.40. The molecule has 0 aliphatic heterocycles. The first-order valence-corrected chi connectivity index (χ1v) is 10.4. The Morgan fingerprint density at radius 2 is 1.45 bits per heavy atom. The maximum Gasteiger partial charge on any atom is 0.326 e. The normalized spacial score (nSPS) is 10.2. The number of carbonyl (C=O) groups excluding carboxylic acids is 2. The van der Waals surface area contributed by atoms with E-state index in [0.29, 0.717) is 36.6 Å². The summed E-state index contributed by atoms with van der Waals surface area (Å²) < 4.78 is 5.83. The Hall–Kier alpha value is -3.80. The first kappa shape index (κ1) is 21.9. The van der Waals surface area contributed by atoms with Crippen LogP contribution in [0, 0.1) is 0 Å². The SMILES string of the molecule is CCCC(=O)NCCN(C(=O)Nc1ccccc1)c1ccc(Oc2ccccc2)cc1. The van der Waals surface area contributed by atoms with E-state index in [-0.39, 0.29) is 11.9 Å². The van der Waals surface area contributed by atoms with Crippen LogP contribution in [0.3, 0.4) is 0 Å². The van der Waals surface area contributed by atoms with Crippen LogP contribution in [0.25, 0.3) is 0 Å². The third kappa shape index (κ3) is 6.89. The van der Waals surface area contributed by atoms with E-state index in [9.17, 15) is 9.59 Å². The van der Waals surface area contributed by atoms with E-state index in [0.717, 1.165) is 12.2 Å². The first-order valence-electron chi connectivity index (χ1n) is 10.4. The third-order valence-corrected chi connectivity index (χ3v) is 4.53. The van der Waals surface area contributed by atoms with Crippen LogP contribution in [-0.2, 0) is 4.79 Å². The second-order valence-corrected chi connectivity index (χ2v) is 6.96. The van der Waals surface area contributed by atoms with Gasteiger partial charge in [0.25, 0.3) is 0 Å². The molecule has 3 aromatic carbocycles. The fourth-order valence-electron chi connectivity index (χ4n) is 3.00. The highest BCUT2D eigenvalue weighted by atomic mass is 16.5. The summed E-state index contributed by atoms with van der Waals surface area (Å²) in [5, 5.41) is 5.76. The van der Waals surface area contributed by atoms with Gasteiger partial charge < -0.3 is 15.4 Å². The summed E-state index contributed by atoms with van der Waals surface area (Å²) in [6.07, 6.45) is 1.26. The van der Waals surface area contributed by atoms with E-state index < -0.39 is 0 Å². The standard InChI is InChI=1S/C25H27N3O3/c1-2-9-24(29)26-18-19-28(25(30)27-20-10-5-3-6-11-20)21-14-16-23(17-15-21)31-22-12-7-4-8-13-22/h3-8,10-17H,2,9,18-19H2,1H3,(H,26,29)(H,27,30). The fourth-order valence-corrected chi connectivity index (χ4v) is 3.00. The van der Waals surface area contributed by atoms with Gasteiger partial charge in [-0.25, -0.2) is 4.79 Å².